The Kier molecular flexibility index (Phi) is 2.75. The molecular formula is C15H10FNO3. The molecule has 0 fully saturated rings. The summed E-state index contributed by atoms with van der Waals surface area (Å²) in [5.41, 5.74) is 1.13. The molecule has 0 bridgehead atoms. The van der Waals surface area contributed by atoms with E-state index in [0.717, 1.165) is 6.07 Å². The Labute approximate surface area is 114 Å². The third-order valence-electron chi connectivity index (χ3n) is 3.19. The zero-order valence-corrected chi connectivity index (χ0v) is 10.3. The van der Waals surface area contributed by atoms with Crippen molar-refractivity contribution in [2.45, 2.75) is 6.54 Å². The fraction of sp³-hybridized carbons (Fsp3) is 0.0667. The van der Waals surface area contributed by atoms with E-state index in [4.69, 9.17) is 0 Å². The van der Waals surface area contributed by atoms with Crippen LogP contribution in [0.2, 0.25) is 0 Å². The lowest BCUT2D eigenvalue weighted by Gasteiger charge is -2.16. The molecule has 0 spiro atoms. The van der Waals surface area contributed by atoms with E-state index in [9.17, 15) is 19.1 Å². The Hall–Kier alpha value is -2.69. The number of aromatic hydroxyl groups is 1. The van der Waals surface area contributed by atoms with Crippen molar-refractivity contribution >= 4 is 17.4 Å². The number of benzene rings is 2. The smallest absolute Gasteiger partial charge is 0.299 e. The SMILES string of the molecule is O=C1C(=O)N(Cc2cccc(O)c2)c2cc(F)ccc21. The van der Waals surface area contributed by atoms with Gasteiger partial charge < -0.3 is 10.0 Å². The van der Waals surface area contributed by atoms with Gasteiger partial charge in [0.15, 0.2) is 0 Å². The Morgan fingerprint density at radius 3 is 2.65 bits per heavy atom. The van der Waals surface area contributed by atoms with Crippen LogP contribution in [0.3, 0.4) is 0 Å². The zero-order chi connectivity index (χ0) is 14.3. The maximum Gasteiger partial charge on any atom is 0.299 e. The molecule has 0 aliphatic carbocycles. The summed E-state index contributed by atoms with van der Waals surface area (Å²) in [6.45, 7) is 0.107. The van der Waals surface area contributed by atoms with E-state index in [-0.39, 0.29) is 23.5 Å². The highest BCUT2D eigenvalue weighted by Gasteiger charge is 2.35. The lowest BCUT2D eigenvalue weighted by atomic mass is 10.1. The van der Waals surface area contributed by atoms with Gasteiger partial charge in [-0.3, -0.25) is 9.59 Å². The van der Waals surface area contributed by atoms with E-state index in [2.05, 4.69) is 0 Å². The summed E-state index contributed by atoms with van der Waals surface area (Å²) < 4.78 is 13.3. The number of hydrogen-bond acceptors (Lipinski definition) is 3. The van der Waals surface area contributed by atoms with Crippen molar-refractivity contribution in [2.24, 2.45) is 0 Å². The maximum atomic E-state index is 13.3. The highest BCUT2D eigenvalue weighted by atomic mass is 19.1. The molecule has 2 aromatic carbocycles. The predicted octanol–water partition coefficient (Wildman–Crippen LogP) is 2.26. The average molecular weight is 271 g/mol. The highest BCUT2D eigenvalue weighted by Crippen LogP contribution is 2.31. The number of fused-ring (bicyclic) bond motifs is 1. The molecule has 0 aromatic heterocycles. The molecule has 2 aromatic rings. The van der Waals surface area contributed by atoms with Crippen molar-refractivity contribution in [1.29, 1.82) is 0 Å². The Morgan fingerprint density at radius 2 is 1.90 bits per heavy atom. The average Bonchev–Trinajstić information content (AvgIpc) is 2.64. The van der Waals surface area contributed by atoms with Crippen LogP contribution in [0.5, 0.6) is 5.75 Å². The molecule has 0 atom stereocenters. The van der Waals surface area contributed by atoms with Gasteiger partial charge in [0, 0.05) is 0 Å². The van der Waals surface area contributed by atoms with Gasteiger partial charge in [0.2, 0.25) is 0 Å². The number of phenols is 1. The van der Waals surface area contributed by atoms with Gasteiger partial charge in [-0.2, -0.15) is 0 Å². The molecule has 4 nitrogen and oxygen atoms in total. The van der Waals surface area contributed by atoms with Crippen molar-refractivity contribution in [3.8, 4) is 5.75 Å². The highest BCUT2D eigenvalue weighted by molar-refractivity contribution is 6.52. The molecule has 0 radical (unpaired) electrons. The number of hydrogen-bond donors (Lipinski definition) is 1. The summed E-state index contributed by atoms with van der Waals surface area (Å²) in [5, 5.41) is 9.41. The molecule has 1 heterocycles. The third kappa shape index (κ3) is 1.93. The second-order valence-corrected chi connectivity index (χ2v) is 4.55. The number of amides is 1. The zero-order valence-electron chi connectivity index (χ0n) is 10.3. The van der Waals surface area contributed by atoms with Crippen LogP contribution in [0.15, 0.2) is 42.5 Å². The molecule has 20 heavy (non-hydrogen) atoms. The number of rotatable bonds is 2. The van der Waals surface area contributed by atoms with Gasteiger partial charge in [-0.1, -0.05) is 12.1 Å². The molecule has 1 aliphatic heterocycles. The van der Waals surface area contributed by atoms with E-state index in [1.54, 1.807) is 12.1 Å². The Balaban J connectivity index is 2.01. The van der Waals surface area contributed by atoms with Crippen LogP contribution in [-0.4, -0.2) is 16.8 Å². The standard InChI is InChI=1S/C15H10FNO3/c16-10-4-5-12-13(7-10)17(15(20)14(12)19)8-9-2-1-3-11(18)6-9/h1-7,18H,8H2. The Morgan fingerprint density at radius 1 is 1.10 bits per heavy atom. The number of halogens is 1. The first kappa shape index (κ1) is 12.3. The van der Waals surface area contributed by atoms with Crippen LogP contribution in [0.25, 0.3) is 0 Å². The molecule has 3 rings (SSSR count). The van der Waals surface area contributed by atoms with Gasteiger partial charge in [0.05, 0.1) is 17.8 Å². The topological polar surface area (TPSA) is 57.6 Å². The summed E-state index contributed by atoms with van der Waals surface area (Å²) >= 11 is 0. The summed E-state index contributed by atoms with van der Waals surface area (Å²) in [7, 11) is 0. The van der Waals surface area contributed by atoms with Crippen molar-refractivity contribution in [3.63, 3.8) is 0 Å². The van der Waals surface area contributed by atoms with Crippen molar-refractivity contribution < 1.29 is 19.1 Å². The first-order valence-corrected chi connectivity index (χ1v) is 6.00. The van der Waals surface area contributed by atoms with E-state index >= 15 is 0 Å². The van der Waals surface area contributed by atoms with Crippen molar-refractivity contribution in [2.75, 3.05) is 4.90 Å². The Bertz CT molecular complexity index is 727. The van der Waals surface area contributed by atoms with E-state index < -0.39 is 17.5 Å². The normalized spacial score (nSPS) is 13.8. The molecule has 0 saturated carbocycles. The molecule has 100 valence electrons. The summed E-state index contributed by atoms with van der Waals surface area (Å²) in [4.78, 5) is 25.0. The fourth-order valence-corrected chi connectivity index (χ4v) is 2.26. The van der Waals surface area contributed by atoms with Gasteiger partial charge in [-0.15, -0.1) is 0 Å². The summed E-state index contributed by atoms with van der Waals surface area (Å²) in [5.74, 6) is -1.76. The molecule has 5 heteroatoms. The maximum absolute atomic E-state index is 13.3. The number of nitrogens with zero attached hydrogens (tertiary/aromatic N) is 1. The predicted molar refractivity (Wildman–Crippen MR) is 70.0 cm³/mol. The minimum absolute atomic E-state index is 0.0694. The van der Waals surface area contributed by atoms with Crippen LogP contribution < -0.4 is 4.90 Å². The monoisotopic (exact) mass is 271 g/mol. The minimum atomic E-state index is -0.686. The summed E-state index contributed by atoms with van der Waals surface area (Å²) in [6.07, 6.45) is 0. The van der Waals surface area contributed by atoms with Gasteiger partial charge in [0.25, 0.3) is 11.7 Å². The number of ketones is 1. The number of phenolic OH excluding ortho intramolecular Hbond substituents is 1. The first-order valence-electron chi connectivity index (χ1n) is 6.00. The number of Topliss-reactive ketones (excluding diaryl/α,β-unsaturated/α-hetero) is 1. The number of carbonyl (C=O) groups is 2. The third-order valence-corrected chi connectivity index (χ3v) is 3.19. The molecule has 1 N–H and O–H groups in total. The second-order valence-electron chi connectivity index (χ2n) is 4.55. The first-order chi connectivity index (χ1) is 9.56. The minimum Gasteiger partial charge on any atom is -0.508 e. The number of anilines is 1. The van der Waals surface area contributed by atoms with E-state index in [0.29, 0.717) is 5.56 Å². The second kappa shape index (κ2) is 4.45. The van der Waals surface area contributed by atoms with Crippen LogP contribution in [0.4, 0.5) is 10.1 Å². The summed E-state index contributed by atoms with van der Waals surface area (Å²) in [6, 6.07) is 9.99. The number of carbonyl (C=O) groups excluding carboxylic acids is 2. The molecule has 0 unspecified atom stereocenters. The van der Waals surface area contributed by atoms with Gasteiger partial charge in [-0.05, 0) is 35.9 Å². The van der Waals surface area contributed by atoms with Crippen molar-refractivity contribution in [1.82, 2.24) is 0 Å². The molecule has 0 saturated heterocycles. The lowest BCUT2D eigenvalue weighted by molar-refractivity contribution is -0.114. The largest absolute Gasteiger partial charge is 0.508 e. The fourth-order valence-electron chi connectivity index (χ4n) is 2.26. The molecule has 1 amide bonds. The van der Waals surface area contributed by atoms with Gasteiger partial charge in [0.1, 0.15) is 11.6 Å². The van der Waals surface area contributed by atoms with Crippen LogP contribution >= 0.6 is 0 Å². The van der Waals surface area contributed by atoms with Crippen LogP contribution in [-0.2, 0) is 11.3 Å². The van der Waals surface area contributed by atoms with Crippen LogP contribution in [0, 0.1) is 5.82 Å². The van der Waals surface area contributed by atoms with E-state index in [1.807, 2.05) is 0 Å². The lowest BCUT2D eigenvalue weighted by Crippen LogP contribution is -2.29. The van der Waals surface area contributed by atoms with E-state index in [1.165, 1.54) is 29.2 Å². The molecule has 1 aliphatic rings. The molecular weight excluding hydrogens is 261 g/mol. The van der Waals surface area contributed by atoms with Gasteiger partial charge in [-0.25, -0.2) is 4.39 Å². The van der Waals surface area contributed by atoms with Crippen molar-refractivity contribution in [3.05, 3.63) is 59.4 Å². The van der Waals surface area contributed by atoms with Gasteiger partial charge >= 0.3 is 0 Å². The van der Waals surface area contributed by atoms with Crippen LogP contribution in [0.1, 0.15) is 15.9 Å². The quantitative estimate of drug-likeness (QED) is 0.852.